The summed E-state index contributed by atoms with van der Waals surface area (Å²) in [5.74, 6) is -0.676. The van der Waals surface area contributed by atoms with Gasteiger partial charge in [-0.15, -0.1) is 0 Å². The molecular weight excluding hydrogens is 371 g/mol. The fraction of sp³-hybridized carbons (Fsp3) is 0.300. The van der Waals surface area contributed by atoms with Crippen molar-refractivity contribution in [1.29, 1.82) is 5.26 Å². The molecular formula is C20H18Cl2N2O2. The van der Waals surface area contributed by atoms with E-state index >= 15 is 0 Å². The summed E-state index contributed by atoms with van der Waals surface area (Å²) in [5, 5.41) is 13.6. The molecule has 3 rings (SSSR count). The molecule has 0 aromatic heterocycles. The van der Waals surface area contributed by atoms with Crippen LogP contribution in [0.5, 0.6) is 0 Å². The lowest BCUT2D eigenvalue weighted by Crippen LogP contribution is -2.27. The van der Waals surface area contributed by atoms with Crippen LogP contribution >= 0.6 is 23.2 Å². The Morgan fingerprint density at radius 3 is 2.65 bits per heavy atom. The number of hydrogen-bond acceptors (Lipinski definition) is 3. The van der Waals surface area contributed by atoms with Gasteiger partial charge in [0.2, 0.25) is 0 Å². The van der Waals surface area contributed by atoms with Crippen LogP contribution in [0.3, 0.4) is 0 Å². The summed E-state index contributed by atoms with van der Waals surface area (Å²) in [6.45, 7) is 2.49. The number of aryl methyl sites for hydroxylation is 1. The number of rotatable bonds is 4. The molecule has 26 heavy (non-hydrogen) atoms. The Labute approximate surface area is 162 Å². The molecule has 0 spiro atoms. The fourth-order valence-corrected chi connectivity index (χ4v) is 3.44. The van der Waals surface area contributed by atoms with Crippen molar-refractivity contribution in [2.24, 2.45) is 0 Å². The standard InChI is InChI=1S/C20H18Cl2N2O2/c1-12-9-15(16(11-23)13-4-6-14(21)7-5-13)17(22)10-18(12)24-20(25)19-3-2-8-26-19/h4-7,9-10,16,19H,2-3,8H2,1H3,(H,24,25)/t16-,19-/m0/s1. The molecule has 0 bridgehead atoms. The van der Waals surface area contributed by atoms with Crippen molar-refractivity contribution >= 4 is 34.8 Å². The maximum atomic E-state index is 12.3. The van der Waals surface area contributed by atoms with Crippen LogP contribution in [-0.2, 0) is 9.53 Å². The van der Waals surface area contributed by atoms with Gasteiger partial charge < -0.3 is 10.1 Å². The molecule has 4 nitrogen and oxygen atoms in total. The highest BCUT2D eigenvalue weighted by atomic mass is 35.5. The van der Waals surface area contributed by atoms with Crippen molar-refractivity contribution in [3.8, 4) is 6.07 Å². The molecule has 134 valence electrons. The first-order chi connectivity index (χ1) is 12.5. The first-order valence-corrected chi connectivity index (χ1v) is 9.13. The van der Waals surface area contributed by atoms with Gasteiger partial charge in [0.05, 0.1) is 12.0 Å². The Bertz CT molecular complexity index is 853. The lowest BCUT2D eigenvalue weighted by molar-refractivity contribution is -0.124. The highest BCUT2D eigenvalue weighted by Gasteiger charge is 2.25. The number of benzene rings is 2. The van der Waals surface area contributed by atoms with Crippen LogP contribution in [0, 0.1) is 18.3 Å². The molecule has 0 unspecified atom stereocenters. The molecule has 1 fully saturated rings. The lowest BCUT2D eigenvalue weighted by Gasteiger charge is -2.17. The number of amides is 1. The summed E-state index contributed by atoms with van der Waals surface area (Å²) < 4.78 is 5.41. The van der Waals surface area contributed by atoms with Crippen molar-refractivity contribution < 1.29 is 9.53 Å². The third kappa shape index (κ3) is 4.02. The fourth-order valence-electron chi connectivity index (χ4n) is 3.04. The van der Waals surface area contributed by atoms with E-state index in [4.69, 9.17) is 27.9 Å². The number of anilines is 1. The molecule has 2 atom stereocenters. The van der Waals surface area contributed by atoms with Crippen molar-refractivity contribution in [3.05, 3.63) is 63.1 Å². The van der Waals surface area contributed by atoms with Gasteiger partial charge in [-0.25, -0.2) is 0 Å². The van der Waals surface area contributed by atoms with Crippen LogP contribution < -0.4 is 5.32 Å². The van der Waals surface area contributed by atoms with Gasteiger partial charge in [0.1, 0.15) is 6.10 Å². The number of halogens is 2. The largest absolute Gasteiger partial charge is 0.368 e. The Hall–Kier alpha value is -2.06. The summed E-state index contributed by atoms with van der Waals surface area (Å²) in [4.78, 5) is 12.3. The first kappa shape index (κ1) is 18.7. The molecule has 1 amide bonds. The molecule has 6 heteroatoms. The predicted octanol–water partition coefficient (Wildman–Crippen LogP) is 5.07. The van der Waals surface area contributed by atoms with Crippen LogP contribution in [0.1, 0.15) is 35.4 Å². The Kier molecular flexibility index (Phi) is 5.83. The van der Waals surface area contributed by atoms with E-state index in [9.17, 15) is 10.1 Å². The van der Waals surface area contributed by atoms with Gasteiger partial charge in [-0.05, 0) is 54.7 Å². The molecule has 1 aliphatic heterocycles. The van der Waals surface area contributed by atoms with Gasteiger partial charge in [0.25, 0.3) is 5.91 Å². The molecule has 1 heterocycles. The van der Waals surface area contributed by atoms with Crippen molar-refractivity contribution in [3.63, 3.8) is 0 Å². The Balaban J connectivity index is 1.87. The van der Waals surface area contributed by atoms with Crippen LogP contribution in [0.25, 0.3) is 0 Å². The number of hydrogen-bond donors (Lipinski definition) is 1. The lowest BCUT2D eigenvalue weighted by atomic mass is 9.91. The number of nitrogens with one attached hydrogen (secondary N) is 1. The van der Waals surface area contributed by atoms with E-state index in [0.717, 1.165) is 24.0 Å². The van der Waals surface area contributed by atoms with Crippen LogP contribution in [-0.4, -0.2) is 18.6 Å². The summed E-state index contributed by atoms with van der Waals surface area (Å²) in [6, 6.07) is 13.0. The summed E-state index contributed by atoms with van der Waals surface area (Å²) in [5.41, 5.74) is 2.98. The van der Waals surface area contributed by atoms with Crippen LogP contribution in [0.2, 0.25) is 10.0 Å². The van der Waals surface area contributed by atoms with E-state index in [-0.39, 0.29) is 5.91 Å². The highest BCUT2D eigenvalue weighted by molar-refractivity contribution is 6.32. The van der Waals surface area contributed by atoms with Gasteiger partial charge in [-0.1, -0.05) is 41.4 Å². The van der Waals surface area contributed by atoms with Crippen molar-refractivity contribution in [2.75, 3.05) is 11.9 Å². The topological polar surface area (TPSA) is 62.1 Å². The van der Waals surface area contributed by atoms with Gasteiger partial charge in [-0.3, -0.25) is 4.79 Å². The van der Waals surface area contributed by atoms with Gasteiger partial charge in [-0.2, -0.15) is 5.26 Å². The van der Waals surface area contributed by atoms with E-state index in [1.807, 2.05) is 25.1 Å². The zero-order valence-electron chi connectivity index (χ0n) is 14.3. The first-order valence-electron chi connectivity index (χ1n) is 8.37. The van der Waals surface area contributed by atoms with Crippen LogP contribution in [0.4, 0.5) is 5.69 Å². The summed E-state index contributed by atoms with van der Waals surface area (Å²) in [6.07, 6.45) is 1.21. The average molecular weight is 389 g/mol. The molecule has 0 aliphatic carbocycles. The number of nitriles is 1. The van der Waals surface area contributed by atoms with E-state index in [1.54, 1.807) is 18.2 Å². The minimum Gasteiger partial charge on any atom is -0.368 e. The van der Waals surface area contributed by atoms with Gasteiger partial charge in [0, 0.05) is 22.3 Å². The van der Waals surface area contributed by atoms with Crippen molar-refractivity contribution in [1.82, 2.24) is 0 Å². The second-order valence-electron chi connectivity index (χ2n) is 6.29. The highest BCUT2D eigenvalue weighted by Crippen LogP contribution is 2.34. The normalized spacial score (nSPS) is 17.5. The second-order valence-corrected chi connectivity index (χ2v) is 7.14. The number of carbonyl (C=O) groups excluding carboxylic acids is 1. The quantitative estimate of drug-likeness (QED) is 0.794. The Morgan fingerprint density at radius 2 is 2.04 bits per heavy atom. The third-order valence-electron chi connectivity index (χ3n) is 4.47. The molecule has 2 aromatic rings. The maximum absolute atomic E-state index is 12.3. The maximum Gasteiger partial charge on any atom is 0.253 e. The van der Waals surface area contributed by atoms with Gasteiger partial charge in [0.15, 0.2) is 0 Å². The zero-order valence-corrected chi connectivity index (χ0v) is 15.8. The van der Waals surface area contributed by atoms with Crippen molar-refractivity contribution in [2.45, 2.75) is 31.8 Å². The third-order valence-corrected chi connectivity index (χ3v) is 5.05. The van der Waals surface area contributed by atoms with E-state index in [0.29, 0.717) is 27.9 Å². The SMILES string of the molecule is Cc1cc([C@@H](C#N)c2ccc(Cl)cc2)c(Cl)cc1NC(=O)[C@@H]1CCCO1. The minimum atomic E-state index is -0.513. The number of nitrogens with zero attached hydrogens (tertiary/aromatic N) is 1. The molecule has 1 aliphatic rings. The number of ether oxygens (including phenoxy) is 1. The monoisotopic (exact) mass is 388 g/mol. The predicted molar refractivity (Wildman–Crippen MR) is 103 cm³/mol. The summed E-state index contributed by atoms with van der Waals surface area (Å²) in [7, 11) is 0. The number of carbonyl (C=O) groups is 1. The average Bonchev–Trinajstić information content (AvgIpc) is 3.16. The molecule has 1 saturated heterocycles. The summed E-state index contributed by atoms with van der Waals surface area (Å²) >= 11 is 12.4. The molecule has 2 aromatic carbocycles. The molecule has 0 saturated carbocycles. The Morgan fingerprint density at radius 1 is 1.31 bits per heavy atom. The second kappa shape index (κ2) is 8.09. The van der Waals surface area contributed by atoms with E-state index < -0.39 is 12.0 Å². The van der Waals surface area contributed by atoms with Gasteiger partial charge >= 0.3 is 0 Å². The van der Waals surface area contributed by atoms with E-state index in [2.05, 4.69) is 11.4 Å². The smallest absolute Gasteiger partial charge is 0.253 e. The molecule has 1 N–H and O–H groups in total. The van der Waals surface area contributed by atoms with Crippen LogP contribution in [0.15, 0.2) is 36.4 Å². The zero-order chi connectivity index (χ0) is 18.7. The molecule has 0 radical (unpaired) electrons. The minimum absolute atomic E-state index is 0.163. The van der Waals surface area contributed by atoms with E-state index in [1.165, 1.54) is 0 Å².